The minimum Gasteiger partial charge on any atom is -0.408 e. The van der Waals surface area contributed by atoms with E-state index in [1.807, 2.05) is 111 Å². The van der Waals surface area contributed by atoms with Crippen molar-refractivity contribution in [3.8, 4) is 0 Å². The smallest absolute Gasteiger partial charge is 0.408 e. The number of benzene rings is 2. The van der Waals surface area contributed by atoms with Crippen LogP contribution in [0.15, 0.2) is 168 Å². The predicted octanol–water partition coefficient (Wildman–Crippen LogP) is 6.89. The van der Waals surface area contributed by atoms with E-state index in [0.717, 1.165) is 88.0 Å². The summed E-state index contributed by atoms with van der Waals surface area (Å²) in [6.45, 7) is 2.26. The molecular weight excluding hydrogens is 1090 g/mol. The number of rotatable bonds is 0. The number of likely N-dealkylation sites (N-methyl/N-ethyl adjacent to an activating group) is 7. The maximum atomic E-state index is 11.2. The number of carbonyl (C=O) groups is 5. The van der Waals surface area contributed by atoms with Crippen molar-refractivity contribution in [2.45, 2.75) is 44.9 Å². The molecule has 21 heteroatoms. The summed E-state index contributed by atoms with van der Waals surface area (Å²) in [6.07, 6.45) is 20.8. The molecule has 9 aromatic rings. The molecule has 0 atom stereocenters. The van der Waals surface area contributed by atoms with Gasteiger partial charge in [0.2, 0.25) is 29.5 Å². The van der Waals surface area contributed by atoms with Crippen LogP contribution in [0.5, 0.6) is 0 Å². The first-order valence-electron chi connectivity index (χ1n) is 28.0. The van der Waals surface area contributed by atoms with Gasteiger partial charge in [0.25, 0.3) is 0 Å². The summed E-state index contributed by atoms with van der Waals surface area (Å²) in [5.41, 5.74) is 15.8. The van der Waals surface area contributed by atoms with E-state index in [0.29, 0.717) is 37.7 Å². The number of aromatic nitrogens is 7. The number of fused-ring (bicyclic) bond motifs is 8. The van der Waals surface area contributed by atoms with Gasteiger partial charge >= 0.3 is 5.76 Å². The molecule has 5 amide bonds. The number of para-hydroxylation sites is 3. The van der Waals surface area contributed by atoms with E-state index in [1.54, 1.807) is 103 Å². The normalized spacial score (nSPS) is 14.8. The van der Waals surface area contributed by atoms with Gasteiger partial charge in [-0.05, 0) is 89.8 Å². The SMILES string of the molecule is CN1C(=O)Cc2ccccc21.CN1C(=O)Cc2cccnc21.CN1C(=O)Cc2ccncc21.CN1C(=O)Cc2cnccc21.CN1C(=O)Cc2ncccc21.CN1CCc2cnccc21.CN1CCc2ncccc21.Cn1c(=O)oc2ccccc21. The van der Waals surface area contributed by atoms with Gasteiger partial charge < -0.3 is 33.8 Å². The van der Waals surface area contributed by atoms with E-state index >= 15 is 0 Å². The standard InChI is InChI=1S/C9H9NO.4C8H8N2O.2C8H10N2.C8H7NO2/c1-10-8-5-3-2-4-7(8)6-9(10)11;1-10-7-2-3-9-5-6(7)4-8(10)11;1-10-7-5-9-3-2-6(7)4-8(10)11;1-10-7-3-2-4-9-6(7)5-8(10)11;1-10-7(11)5-6-3-2-4-9-8(6)10;1-10-5-3-7-6-9-4-2-8(7)10;1-10-6-4-7-8(10)3-2-5-9-7;1-9-6-4-2-3-5-7(6)11-8(9)10/h2-5H,6H2,1H3;2*2-3,5H,4H2,1H3;2*2-4H,5H2,1H3;2,4,6H,3,5H2,1H3;2-3,5H,4,6H2,1H3;2-5H,1H3. The molecule has 16 rings (SSSR count). The van der Waals surface area contributed by atoms with Crippen molar-refractivity contribution in [3.05, 3.63) is 209 Å². The van der Waals surface area contributed by atoms with Crippen molar-refractivity contribution in [2.24, 2.45) is 7.05 Å². The Labute approximate surface area is 498 Å². The van der Waals surface area contributed by atoms with Gasteiger partial charge in [0.1, 0.15) is 5.82 Å². The highest BCUT2D eigenvalue weighted by Gasteiger charge is 2.27. The zero-order valence-corrected chi connectivity index (χ0v) is 49.5. The second-order valence-electron chi connectivity index (χ2n) is 21.0. The molecule has 7 aromatic heterocycles. The van der Waals surface area contributed by atoms with Gasteiger partial charge in [0.05, 0.1) is 78.0 Å². The van der Waals surface area contributed by atoms with Crippen LogP contribution in [-0.4, -0.2) is 126 Å². The van der Waals surface area contributed by atoms with Crippen LogP contribution in [0.3, 0.4) is 0 Å². The van der Waals surface area contributed by atoms with Crippen molar-refractivity contribution >= 4 is 80.6 Å². The summed E-state index contributed by atoms with van der Waals surface area (Å²) >= 11 is 0. The molecule has 0 N–H and O–H groups in total. The molecule has 7 aliphatic rings. The zero-order chi connectivity index (χ0) is 61.0. The average Bonchev–Trinajstić information content (AvgIpc) is 4.61. The maximum absolute atomic E-state index is 11.2. The van der Waals surface area contributed by atoms with Gasteiger partial charge in [0, 0.05) is 148 Å². The average molecular weight is 1160 g/mol. The zero-order valence-electron chi connectivity index (χ0n) is 49.5. The molecule has 0 aliphatic carbocycles. The second kappa shape index (κ2) is 27.3. The Kier molecular flexibility index (Phi) is 19.1. The molecule has 7 aliphatic heterocycles. The van der Waals surface area contributed by atoms with Crippen molar-refractivity contribution in [1.29, 1.82) is 0 Å². The minimum absolute atomic E-state index is 0.124. The van der Waals surface area contributed by atoms with Crippen molar-refractivity contribution in [2.75, 3.05) is 96.7 Å². The molecule has 21 nitrogen and oxygen atoms in total. The van der Waals surface area contributed by atoms with Gasteiger partial charge in [0.15, 0.2) is 5.58 Å². The van der Waals surface area contributed by atoms with Gasteiger partial charge in [-0.2, -0.15) is 0 Å². The Morgan fingerprint density at radius 3 is 1.49 bits per heavy atom. The van der Waals surface area contributed by atoms with Gasteiger partial charge in [-0.1, -0.05) is 36.4 Å². The van der Waals surface area contributed by atoms with E-state index in [-0.39, 0.29) is 35.3 Å². The topological polar surface area (TPSA) is 221 Å². The number of nitrogens with zero attached hydrogens (tertiary/aromatic N) is 14. The number of hydrogen-bond acceptors (Lipinski definition) is 15. The summed E-state index contributed by atoms with van der Waals surface area (Å²) in [4.78, 5) is 104. The van der Waals surface area contributed by atoms with Gasteiger partial charge in [-0.3, -0.25) is 58.4 Å². The third-order valence-electron chi connectivity index (χ3n) is 15.5. The summed E-state index contributed by atoms with van der Waals surface area (Å²) in [5, 5.41) is 0. The number of anilines is 7. The Morgan fingerprint density at radius 2 is 0.837 bits per heavy atom. The van der Waals surface area contributed by atoms with Gasteiger partial charge in [-0.25, -0.2) is 9.78 Å². The Hall–Kier alpha value is -10.4. The largest absolute Gasteiger partial charge is 0.419 e. The number of pyridine rings is 6. The molecule has 0 saturated heterocycles. The number of carbonyl (C=O) groups excluding carboxylic acids is 5. The molecule has 0 unspecified atom stereocenters. The number of aryl methyl sites for hydroxylation is 1. The molecule has 0 saturated carbocycles. The number of amides is 5. The Bertz CT molecular complexity index is 3570. The third-order valence-corrected chi connectivity index (χ3v) is 15.5. The summed E-state index contributed by atoms with van der Waals surface area (Å²) in [6, 6.07) is 32.7. The molecule has 14 heterocycles. The van der Waals surface area contributed by atoms with Crippen LogP contribution < -0.4 is 40.1 Å². The monoisotopic (exact) mass is 1160 g/mol. The maximum Gasteiger partial charge on any atom is 0.419 e. The van der Waals surface area contributed by atoms with Crippen LogP contribution in [0, 0.1) is 0 Å². The summed E-state index contributed by atoms with van der Waals surface area (Å²) in [5.74, 6) is 1.22. The number of hydrogen-bond donors (Lipinski definition) is 0. The highest BCUT2D eigenvalue weighted by molar-refractivity contribution is 6.03. The minimum atomic E-state index is -0.314. The van der Waals surface area contributed by atoms with Crippen molar-refractivity contribution in [1.82, 2.24) is 34.5 Å². The van der Waals surface area contributed by atoms with E-state index in [4.69, 9.17) is 4.42 Å². The van der Waals surface area contributed by atoms with Crippen LogP contribution in [0.1, 0.15) is 39.2 Å². The number of oxazole rings is 1. The summed E-state index contributed by atoms with van der Waals surface area (Å²) < 4.78 is 6.39. The fraction of sp³-hybridized carbons (Fsp3) is 0.262. The molecule has 0 radical (unpaired) electrons. The lowest BCUT2D eigenvalue weighted by Gasteiger charge is -2.09. The second-order valence-corrected chi connectivity index (χ2v) is 21.0. The first-order chi connectivity index (χ1) is 41.5. The summed E-state index contributed by atoms with van der Waals surface area (Å²) in [7, 11) is 14.8. The highest BCUT2D eigenvalue weighted by Crippen LogP contribution is 2.30. The molecule has 0 spiro atoms. The predicted molar refractivity (Wildman–Crippen MR) is 333 cm³/mol. The lowest BCUT2D eigenvalue weighted by Crippen LogP contribution is -2.21. The molecule has 0 fully saturated rings. The van der Waals surface area contributed by atoms with E-state index in [2.05, 4.69) is 65.9 Å². The van der Waals surface area contributed by atoms with Crippen LogP contribution >= 0.6 is 0 Å². The van der Waals surface area contributed by atoms with Crippen LogP contribution in [0.4, 0.5) is 39.9 Å². The van der Waals surface area contributed by atoms with Gasteiger partial charge in [-0.15, -0.1) is 0 Å². The third kappa shape index (κ3) is 13.8. The quantitative estimate of drug-likeness (QED) is 0.151. The van der Waals surface area contributed by atoms with Crippen molar-refractivity contribution < 1.29 is 28.4 Å². The Balaban J connectivity index is 0.000000117. The molecule has 2 aromatic carbocycles. The Morgan fingerprint density at radius 1 is 0.360 bits per heavy atom. The van der Waals surface area contributed by atoms with Crippen LogP contribution in [0.25, 0.3) is 11.1 Å². The lowest BCUT2D eigenvalue weighted by atomic mass is 10.2. The fourth-order valence-corrected chi connectivity index (χ4v) is 10.4. The lowest BCUT2D eigenvalue weighted by molar-refractivity contribution is -0.117. The van der Waals surface area contributed by atoms with Crippen LogP contribution in [-0.2, 0) is 76.0 Å². The molecule has 0 bridgehead atoms. The van der Waals surface area contributed by atoms with Crippen molar-refractivity contribution in [3.63, 3.8) is 0 Å². The fourth-order valence-electron chi connectivity index (χ4n) is 10.4. The molecule has 440 valence electrons. The first kappa shape index (κ1) is 60.2. The van der Waals surface area contributed by atoms with Crippen LogP contribution in [0.2, 0.25) is 0 Å². The van der Waals surface area contributed by atoms with E-state index in [9.17, 15) is 28.8 Å². The molecule has 86 heavy (non-hydrogen) atoms. The highest BCUT2D eigenvalue weighted by atomic mass is 16.4. The van der Waals surface area contributed by atoms with E-state index < -0.39 is 0 Å². The first-order valence-corrected chi connectivity index (χ1v) is 28.0. The molecular formula is C65H68N14O7. The van der Waals surface area contributed by atoms with E-state index in [1.165, 1.54) is 27.2 Å².